The van der Waals surface area contributed by atoms with Crippen LogP contribution in [0, 0.1) is 0 Å². The summed E-state index contributed by atoms with van der Waals surface area (Å²) in [6, 6.07) is -0.751. The lowest BCUT2D eigenvalue weighted by atomic mass is 10.1. The number of halogens is 5. The van der Waals surface area contributed by atoms with Gasteiger partial charge in [-0.25, -0.2) is 0 Å². The molecule has 1 atom stereocenters. The monoisotopic (exact) mass is 288 g/mol. The molecule has 1 N–H and O–H groups in total. The van der Waals surface area contributed by atoms with E-state index in [9.17, 15) is 26.7 Å². The first kappa shape index (κ1) is 16.1. The van der Waals surface area contributed by atoms with E-state index in [0.717, 1.165) is 32.4 Å². The van der Waals surface area contributed by atoms with Crippen LogP contribution in [0.15, 0.2) is 0 Å². The predicted octanol–water partition coefficient (Wildman–Crippen LogP) is 2.17. The first-order valence-electron chi connectivity index (χ1n) is 6.12. The van der Waals surface area contributed by atoms with Crippen molar-refractivity contribution in [2.24, 2.45) is 0 Å². The fourth-order valence-electron chi connectivity index (χ4n) is 2.02. The second kappa shape index (κ2) is 6.02. The number of carbonyl (C=O) groups excluding carboxylic acids is 1. The van der Waals surface area contributed by atoms with Gasteiger partial charge in [0.2, 0.25) is 0 Å². The number of amides is 1. The summed E-state index contributed by atoms with van der Waals surface area (Å²) in [4.78, 5) is 12.9. The van der Waals surface area contributed by atoms with E-state index < -0.39 is 24.0 Å². The summed E-state index contributed by atoms with van der Waals surface area (Å²) < 4.78 is 61.3. The molecule has 0 aliphatic carbocycles. The third-order valence-electron chi connectivity index (χ3n) is 3.00. The molecule has 0 radical (unpaired) electrons. The zero-order valence-electron chi connectivity index (χ0n) is 10.6. The van der Waals surface area contributed by atoms with Gasteiger partial charge < -0.3 is 10.2 Å². The molecular formula is C11H17F5N2O. The van der Waals surface area contributed by atoms with Crippen molar-refractivity contribution >= 4 is 5.91 Å². The van der Waals surface area contributed by atoms with Crippen LogP contribution in [0.25, 0.3) is 0 Å². The van der Waals surface area contributed by atoms with Crippen LogP contribution in [0.5, 0.6) is 0 Å². The molecule has 1 heterocycles. The van der Waals surface area contributed by atoms with Gasteiger partial charge in [0.1, 0.15) is 0 Å². The first-order valence-corrected chi connectivity index (χ1v) is 6.12. The Kier molecular flexibility index (Phi) is 5.11. The van der Waals surface area contributed by atoms with Crippen molar-refractivity contribution in [2.45, 2.75) is 44.3 Å². The summed E-state index contributed by atoms with van der Waals surface area (Å²) in [5, 5.41) is 1.72. The van der Waals surface area contributed by atoms with Crippen LogP contribution in [0.1, 0.15) is 26.2 Å². The molecular weight excluding hydrogens is 271 g/mol. The van der Waals surface area contributed by atoms with Gasteiger partial charge in [0.05, 0.1) is 0 Å². The normalized spacial score (nSPS) is 20.1. The Labute approximate surface area is 108 Å². The second-order valence-electron chi connectivity index (χ2n) is 4.81. The number of nitrogens with one attached hydrogen (secondary N) is 1. The van der Waals surface area contributed by atoms with Gasteiger partial charge in [-0.05, 0) is 32.9 Å². The van der Waals surface area contributed by atoms with Gasteiger partial charge in [-0.15, -0.1) is 0 Å². The molecule has 0 aromatic heterocycles. The number of hydrogen-bond donors (Lipinski definition) is 1. The first-order chi connectivity index (χ1) is 8.64. The van der Waals surface area contributed by atoms with Crippen LogP contribution in [0.4, 0.5) is 22.0 Å². The standard InChI is InChI=1S/C11H17F5N2O/c1-8(7-18-5-3-2-4-6-18)17-9(19)10(12,13)11(14,15)16/h8H,2-7H2,1H3,(H,17,19). The predicted molar refractivity (Wildman–Crippen MR) is 58.9 cm³/mol. The highest BCUT2D eigenvalue weighted by atomic mass is 19.4. The lowest BCUT2D eigenvalue weighted by Gasteiger charge is -2.30. The molecule has 3 nitrogen and oxygen atoms in total. The van der Waals surface area contributed by atoms with Crippen LogP contribution in [-0.4, -0.2) is 48.6 Å². The third-order valence-corrected chi connectivity index (χ3v) is 3.00. The smallest absolute Gasteiger partial charge is 0.347 e. The molecule has 0 saturated carbocycles. The molecule has 8 heteroatoms. The number of nitrogens with zero attached hydrogens (tertiary/aromatic N) is 1. The maximum absolute atomic E-state index is 12.7. The average Bonchev–Trinajstić information content (AvgIpc) is 2.28. The van der Waals surface area contributed by atoms with Gasteiger partial charge in [0, 0.05) is 12.6 Å². The number of hydrogen-bond acceptors (Lipinski definition) is 2. The van der Waals surface area contributed by atoms with Crippen LogP contribution in [0.2, 0.25) is 0 Å². The van der Waals surface area contributed by atoms with E-state index in [4.69, 9.17) is 0 Å². The zero-order chi connectivity index (χ0) is 14.7. The largest absolute Gasteiger partial charge is 0.463 e. The van der Waals surface area contributed by atoms with Gasteiger partial charge in [0.15, 0.2) is 0 Å². The van der Waals surface area contributed by atoms with Crippen molar-refractivity contribution in [1.82, 2.24) is 10.2 Å². The molecule has 1 aliphatic heterocycles. The van der Waals surface area contributed by atoms with Crippen LogP contribution in [0.3, 0.4) is 0 Å². The summed E-state index contributed by atoms with van der Waals surface area (Å²) in [6.07, 6.45) is -2.83. The Balaban J connectivity index is 2.47. The third kappa shape index (κ3) is 4.29. The van der Waals surface area contributed by atoms with Crippen LogP contribution < -0.4 is 5.32 Å². The van der Waals surface area contributed by atoms with E-state index in [-0.39, 0.29) is 6.54 Å². The van der Waals surface area contributed by atoms with Crippen molar-refractivity contribution in [2.75, 3.05) is 19.6 Å². The molecule has 0 spiro atoms. The number of alkyl halides is 5. The van der Waals surface area contributed by atoms with Crippen LogP contribution in [-0.2, 0) is 4.79 Å². The SMILES string of the molecule is CC(CN1CCCCC1)NC(=O)C(F)(F)C(F)(F)F. The lowest BCUT2D eigenvalue weighted by molar-refractivity contribution is -0.270. The maximum Gasteiger partial charge on any atom is 0.463 e. The number of carbonyl (C=O) groups is 1. The Bertz CT molecular complexity index is 313. The van der Waals surface area contributed by atoms with Gasteiger partial charge in [0.25, 0.3) is 0 Å². The highest BCUT2D eigenvalue weighted by Crippen LogP contribution is 2.35. The Morgan fingerprint density at radius 1 is 1.16 bits per heavy atom. The molecule has 19 heavy (non-hydrogen) atoms. The molecule has 1 aliphatic rings. The molecule has 1 amide bonds. The Morgan fingerprint density at radius 2 is 1.68 bits per heavy atom. The Morgan fingerprint density at radius 3 is 2.16 bits per heavy atom. The molecule has 1 rings (SSSR count). The van der Waals surface area contributed by atoms with E-state index in [1.54, 1.807) is 5.32 Å². The lowest BCUT2D eigenvalue weighted by Crippen LogP contribution is -2.54. The topological polar surface area (TPSA) is 32.3 Å². The van der Waals surface area contributed by atoms with Gasteiger partial charge in [-0.3, -0.25) is 4.79 Å². The molecule has 0 aromatic rings. The van der Waals surface area contributed by atoms with Gasteiger partial charge >= 0.3 is 18.0 Å². The molecule has 0 aromatic carbocycles. The van der Waals surface area contributed by atoms with E-state index >= 15 is 0 Å². The molecule has 1 unspecified atom stereocenters. The highest BCUT2D eigenvalue weighted by molar-refractivity contribution is 5.84. The minimum absolute atomic E-state index is 0.277. The molecule has 0 bridgehead atoms. The zero-order valence-corrected chi connectivity index (χ0v) is 10.6. The average molecular weight is 288 g/mol. The van der Waals surface area contributed by atoms with Crippen molar-refractivity contribution in [1.29, 1.82) is 0 Å². The maximum atomic E-state index is 12.7. The molecule has 1 saturated heterocycles. The van der Waals surface area contributed by atoms with Crippen LogP contribution >= 0.6 is 0 Å². The van der Waals surface area contributed by atoms with E-state index in [1.807, 2.05) is 4.90 Å². The highest BCUT2D eigenvalue weighted by Gasteiger charge is 2.63. The van der Waals surface area contributed by atoms with Crippen molar-refractivity contribution in [3.8, 4) is 0 Å². The van der Waals surface area contributed by atoms with E-state index in [2.05, 4.69) is 0 Å². The van der Waals surface area contributed by atoms with Crippen molar-refractivity contribution in [3.63, 3.8) is 0 Å². The summed E-state index contributed by atoms with van der Waals surface area (Å²) in [6.45, 7) is 3.24. The quantitative estimate of drug-likeness (QED) is 0.804. The Hall–Kier alpha value is -0.920. The number of likely N-dealkylation sites (tertiary alicyclic amines) is 1. The molecule has 112 valence electrons. The van der Waals surface area contributed by atoms with Gasteiger partial charge in [-0.1, -0.05) is 6.42 Å². The van der Waals surface area contributed by atoms with Crippen molar-refractivity contribution in [3.05, 3.63) is 0 Å². The number of rotatable bonds is 4. The minimum atomic E-state index is -5.86. The van der Waals surface area contributed by atoms with E-state index in [1.165, 1.54) is 6.92 Å². The summed E-state index contributed by atoms with van der Waals surface area (Å²) >= 11 is 0. The number of piperidine rings is 1. The summed E-state index contributed by atoms with van der Waals surface area (Å²) in [5.41, 5.74) is 0. The van der Waals surface area contributed by atoms with E-state index in [0.29, 0.717) is 0 Å². The fourth-order valence-corrected chi connectivity index (χ4v) is 2.02. The summed E-state index contributed by atoms with van der Waals surface area (Å²) in [7, 11) is 0. The van der Waals surface area contributed by atoms with Gasteiger partial charge in [-0.2, -0.15) is 22.0 Å². The fraction of sp³-hybridized carbons (Fsp3) is 0.909. The summed E-state index contributed by atoms with van der Waals surface area (Å²) in [5.74, 6) is -7.63. The van der Waals surface area contributed by atoms with Crippen molar-refractivity contribution < 1.29 is 26.7 Å². The molecule has 1 fully saturated rings. The second-order valence-corrected chi connectivity index (χ2v) is 4.81. The minimum Gasteiger partial charge on any atom is -0.347 e.